The molecule has 7 heteroatoms. The number of carboxylic acid groups (broad SMARTS) is 1. The molecule has 2 aromatic rings. The van der Waals surface area contributed by atoms with E-state index in [1.165, 1.54) is 11.1 Å². The molecule has 34 heavy (non-hydrogen) atoms. The van der Waals surface area contributed by atoms with Gasteiger partial charge in [0.2, 0.25) is 5.91 Å². The van der Waals surface area contributed by atoms with Gasteiger partial charge in [-0.1, -0.05) is 61.4 Å². The van der Waals surface area contributed by atoms with Crippen LogP contribution in [0.1, 0.15) is 69.4 Å². The Morgan fingerprint density at radius 2 is 1.50 bits per heavy atom. The van der Waals surface area contributed by atoms with Crippen LogP contribution in [-0.4, -0.2) is 41.8 Å². The van der Waals surface area contributed by atoms with Crippen LogP contribution < -0.4 is 10.6 Å². The molecule has 7 nitrogen and oxygen atoms in total. The summed E-state index contributed by atoms with van der Waals surface area (Å²) in [6.07, 6.45) is 2.93. The minimum atomic E-state index is -0.778. The van der Waals surface area contributed by atoms with Gasteiger partial charge in [-0.15, -0.1) is 0 Å². The third-order valence-electron chi connectivity index (χ3n) is 6.03. The number of rotatable bonds is 12. The van der Waals surface area contributed by atoms with Gasteiger partial charge in [0.25, 0.3) is 0 Å². The summed E-state index contributed by atoms with van der Waals surface area (Å²) in [5.74, 6) is -0.936. The average Bonchev–Trinajstić information content (AvgIpc) is 3.10. The molecule has 0 unspecified atom stereocenters. The molecule has 0 aliphatic heterocycles. The number of carbonyl (C=O) groups excluding carboxylic acids is 2. The first-order chi connectivity index (χ1) is 16.3. The smallest absolute Gasteiger partial charge is 0.407 e. The molecule has 0 radical (unpaired) electrons. The lowest BCUT2D eigenvalue weighted by atomic mass is 9.98. The third kappa shape index (κ3) is 7.07. The Balaban J connectivity index is 1.41. The summed E-state index contributed by atoms with van der Waals surface area (Å²) in [5, 5.41) is 14.3. The number of hydrogen-bond donors (Lipinski definition) is 3. The van der Waals surface area contributed by atoms with Crippen LogP contribution in [0.15, 0.2) is 48.5 Å². The summed E-state index contributed by atoms with van der Waals surface area (Å²) >= 11 is 0. The van der Waals surface area contributed by atoms with E-state index < -0.39 is 17.6 Å². The number of benzene rings is 2. The lowest BCUT2D eigenvalue weighted by Gasteiger charge is -2.25. The second kappa shape index (κ2) is 11.7. The van der Waals surface area contributed by atoms with Crippen LogP contribution >= 0.6 is 0 Å². The second-order valence-corrected chi connectivity index (χ2v) is 9.42. The molecule has 0 aromatic heterocycles. The molecular weight excluding hydrogens is 432 g/mol. The van der Waals surface area contributed by atoms with Gasteiger partial charge in [-0.3, -0.25) is 9.59 Å². The number of aliphatic carboxylic acids is 1. The maximum absolute atomic E-state index is 12.5. The van der Waals surface area contributed by atoms with Gasteiger partial charge >= 0.3 is 12.1 Å². The first-order valence-electron chi connectivity index (χ1n) is 11.9. The molecule has 0 heterocycles. The van der Waals surface area contributed by atoms with Gasteiger partial charge in [-0.2, -0.15) is 0 Å². The van der Waals surface area contributed by atoms with E-state index in [2.05, 4.69) is 34.9 Å². The maximum atomic E-state index is 12.5. The van der Waals surface area contributed by atoms with Crippen molar-refractivity contribution in [1.82, 2.24) is 10.6 Å². The van der Waals surface area contributed by atoms with Gasteiger partial charge < -0.3 is 20.5 Å². The van der Waals surface area contributed by atoms with Crippen molar-refractivity contribution in [3.05, 3.63) is 59.7 Å². The van der Waals surface area contributed by atoms with Crippen LogP contribution in [0.5, 0.6) is 0 Å². The number of carboxylic acids is 1. The standard InChI is InChI=1S/C27H34N2O5/c1-27(2,17-24(30)28-16-10-4-3-5-15-25(31)32)29-26(33)34-18-23-21-13-8-6-11-19(21)20-12-7-9-14-22(20)23/h6-9,11-14,23H,3-5,10,15-18H2,1-2H3,(H,28,30)(H,29,33)(H,31,32). The molecule has 1 aliphatic carbocycles. The molecule has 182 valence electrons. The van der Waals surface area contributed by atoms with Crippen molar-refractivity contribution in [2.24, 2.45) is 0 Å². The fourth-order valence-corrected chi connectivity index (χ4v) is 4.40. The van der Waals surface area contributed by atoms with Crippen molar-refractivity contribution in [3.63, 3.8) is 0 Å². The summed E-state index contributed by atoms with van der Waals surface area (Å²) in [6.45, 7) is 4.34. The van der Waals surface area contributed by atoms with Crippen molar-refractivity contribution >= 4 is 18.0 Å². The monoisotopic (exact) mass is 466 g/mol. The van der Waals surface area contributed by atoms with E-state index in [0.717, 1.165) is 30.4 Å². The molecule has 0 saturated heterocycles. The highest BCUT2D eigenvalue weighted by Gasteiger charge is 2.30. The first-order valence-corrected chi connectivity index (χ1v) is 11.9. The topological polar surface area (TPSA) is 105 Å². The van der Waals surface area contributed by atoms with Crippen LogP contribution in [-0.2, 0) is 14.3 Å². The normalized spacial score (nSPS) is 12.5. The first kappa shape index (κ1) is 25.3. The van der Waals surface area contributed by atoms with E-state index in [4.69, 9.17) is 9.84 Å². The number of ether oxygens (including phenoxy) is 1. The highest BCUT2D eigenvalue weighted by atomic mass is 16.5. The summed E-state index contributed by atoms with van der Waals surface area (Å²) < 4.78 is 5.59. The van der Waals surface area contributed by atoms with Crippen molar-refractivity contribution in [2.45, 2.75) is 63.8 Å². The SMILES string of the molecule is CC(C)(CC(=O)NCCCCCCC(=O)O)NC(=O)OCC1c2ccccc2-c2ccccc21. The number of carbonyl (C=O) groups is 3. The van der Waals surface area contributed by atoms with Gasteiger partial charge in [0, 0.05) is 30.8 Å². The maximum Gasteiger partial charge on any atom is 0.407 e. The summed E-state index contributed by atoms with van der Waals surface area (Å²) in [5.41, 5.74) is 3.89. The van der Waals surface area contributed by atoms with Crippen molar-refractivity contribution in [1.29, 1.82) is 0 Å². The molecule has 2 aromatic carbocycles. The fourth-order valence-electron chi connectivity index (χ4n) is 4.40. The summed E-state index contributed by atoms with van der Waals surface area (Å²) in [7, 11) is 0. The van der Waals surface area contributed by atoms with Crippen LogP contribution in [0.25, 0.3) is 11.1 Å². The number of amides is 2. The Bertz CT molecular complexity index is 972. The van der Waals surface area contributed by atoms with Crippen molar-refractivity contribution in [3.8, 4) is 11.1 Å². The van der Waals surface area contributed by atoms with Gasteiger partial charge in [0.05, 0.1) is 0 Å². The molecule has 2 amide bonds. The number of fused-ring (bicyclic) bond motifs is 3. The number of unbranched alkanes of at least 4 members (excludes halogenated alkanes) is 3. The van der Waals surface area contributed by atoms with Gasteiger partial charge in [-0.25, -0.2) is 4.79 Å². The molecule has 3 N–H and O–H groups in total. The summed E-state index contributed by atoms with van der Waals surface area (Å²) in [4.78, 5) is 35.3. The second-order valence-electron chi connectivity index (χ2n) is 9.42. The quantitative estimate of drug-likeness (QED) is 0.388. The van der Waals surface area contributed by atoms with E-state index in [0.29, 0.717) is 13.0 Å². The van der Waals surface area contributed by atoms with E-state index in [1.807, 2.05) is 24.3 Å². The molecule has 3 rings (SSSR count). The Labute approximate surface area is 200 Å². The Morgan fingerprint density at radius 3 is 2.12 bits per heavy atom. The molecule has 0 saturated carbocycles. The van der Waals surface area contributed by atoms with Gasteiger partial charge in [0.15, 0.2) is 0 Å². The largest absolute Gasteiger partial charge is 0.481 e. The van der Waals surface area contributed by atoms with Crippen LogP contribution in [0.3, 0.4) is 0 Å². The number of alkyl carbamates (subject to hydrolysis) is 1. The van der Waals surface area contributed by atoms with Gasteiger partial charge in [0.1, 0.15) is 6.61 Å². The van der Waals surface area contributed by atoms with Crippen molar-refractivity contribution in [2.75, 3.05) is 13.2 Å². The van der Waals surface area contributed by atoms with Crippen molar-refractivity contribution < 1.29 is 24.2 Å². The minimum Gasteiger partial charge on any atom is -0.481 e. The lowest BCUT2D eigenvalue weighted by molar-refractivity contribution is -0.137. The molecule has 0 spiro atoms. The Kier molecular flexibility index (Phi) is 8.68. The lowest BCUT2D eigenvalue weighted by Crippen LogP contribution is -2.47. The van der Waals surface area contributed by atoms with Gasteiger partial charge in [-0.05, 0) is 48.9 Å². The molecule has 0 fully saturated rings. The molecule has 1 aliphatic rings. The predicted molar refractivity (Wildman–Crippen MR) is 131 cm³/mol. The Hall–Kier alpha value is -3.35. The minimum absolute atomic E-state index is 0.0138. The average molecular weight is 467 g/mol. The zero-order valence-electron chi connectivity index (χ0n) is 19.9. The highest BCUT2D eigenvalue weighted by Crippen LogP contribution is 2.44. The van der Waals surface area contributed by atoms with Crippen LogP contribution in [0, 0.1) is 0 Å². The third-order valence-corrected chi connectivity index (χ3v) is 6.03. The van der Waals surface area contributed by atoms with E-state index in [1.54, 1.807) is 13.8 Å². The summed E-state index contributed by atoms with van der Waals surface area (Å²) in [6, 6.07) is 16.3. The molecule has 0 bridgehead atoms. The Morgan fingerprint density at radius 1 is 0.912 bits per heavy atom. The fraction of sp³-hybridized carbons (Fsp3) is 0.444. The zero-order chi connectivity index (χ0) is 24.6. The molecular formula is C27H34N2O5. The van der Waals surface area contributed by atoms with E-state index in [9.17, 15) is 14.4 Å². The molecule has 0 atom stereocenters. The van der Waals surface area contributed by atoms with Crippen LogP contribution in [0.4, 0.5) is 4.79 Å². The zero-order valence-corrected chi connectivity index (χ0v) is 19.9. The predicted octanol–water partition coefficient (Wildman–Crippen LogP) is 4.85. The van der Waals surface area contributed by atoms with Crippen LogP contribution in [0.2, 0.25) is 0 Å². The number of hydrogen-bond acceptors (Lipinski definition) is 4. The van der Waals surface area contributed by atoms with E-state index in [-0.39, 0.29) is 31.3 Å². The number of nitrogens with one attached hydrogen (secondary N) is 2. The van der Waals surface area contributed by atoms with E-state index >= 15 is 0 Å². The highest BCUT2D eigenvalue weighted by molar-refractivity contribution is 5.80.